The third kappa shape index (κ3) is 4.41. The number of halogens is 1. The Labute approximate surface area is 151 Å². The fourth-order valence-electron chi connectivity index (χ4n) is 3.16. The highest BCUT2D eigenvalue weighted by atomic mass is 19.1. The number of hydrogen-bond acceptors (Lipinski definition) is 3. The fraction of sp³-hybridized carbons (Fsp3) is 0.368. The minimum absolute atomic E-state index is 0.00357. The summed E-state index contributed by atoms with van der Waals surface area (Å²) in [6, 6.07) is 8.99. The van der Waals surface area contributed by atoms with Gasteiger partial charge in [-0.3, -0.25) is 4.79 Å². The van der Waals surface area contributed by atoms with Crippen LogP contribution in [-0.4, -0.2) is 40.9 Å². The first-order valence-electron chi connectivity index (χ1n) is 8.64. The second-order valence-corrected chi connectivity index (χ2v) is 6.38. The first-order valence-corrected chi connectivity index (χ1v) is 8.64. The van der Waals surface area contributed by atoms with Gasteiger partial charge < -0.3 is 19.5 Å². The Bertz CT molecular complexity index is 738. The maximum atomic E-state index is 13.1. The standard InChI is InChI=1S/C19H22FN3O3/c1-14(24)22-10-8-17(9-11-22)23(13-18-3-2-12-26-18)19(25)21-16-6-4-15(20)5-7-16/h2-7,12,17H,8-11,13H2,1H3,(H,21,25). The van der Waals surface area contributed by atoms with Gasteiger partial charge in [-0.1, -0.05) is 0 Å². The smallest absolute Gasteiger partial charge is 0.322 e. The van der Waals surface area contributed by atoms with Crippen molar-refractivity contribution in [1.82, 2.24) is 9.80 Å². The number of benzene rings is 1. The van der Waals surface area contributed by atoms with Crippen molar-refractivity contribution in [3.8, 4) is 0 Å². The summed E-state index contributed by atoms with van der Waals surface area (Å²) < 4.78 is 18.5. The largest absolute Gasteiger partial charge is 0.467 e. The van der Waals surface area contributed by atoms with Gasteiger partial charge in [0.2, 0.25) is 5.91 Å². The lowest BCUT2D eigenvalue weighted by Crippen LogP contribution is -2.49. The Balaban J connectivity index is 1.71. The number of carbonyl (C=O) groups is 2. The predicted molar refractivity (Wildman–Crippen MR) is 94.9 cm³/mol. The number of hydrogen-bond donors (Lipinski definition) is 1. The number of amides is 3. The highest BCUT2D eigenvalue weighted by Crippen LogP contribution is 2.21. The van der Waals surface area contributed by atoms with Crippen molar-refractivity contribution in [1.29, 1.82) is 0 Å². The molecule has 1 aliphatic rings. The number of anilines is 1. The molecule has 0 saturated carbocycles. The molecule has 0 atom stereocenters. The molecule has 138 valence electrons. The molecule has 26 heavy (non-hydrogen) atoms. The van der Waals surface area contributed by atoms with Gasteiger partial charge in [0, 0.05) is 31.7 Å². The summed E-state index contributed by atoms with van der Waals surface area (Å²) in [5.41, 5.74) is 0.530. The average Bonchev–Trinajstić information content (AvgIpc) is 3.15. The molecule has 3 amide bonds. The van der Waals surface area contributed by atoms with E-state index < -0.39 is 0 Å². The van der Waals surface area contributed by atoms with Gasteiger partial charge >= 0.3 is 6.03 Å². The lowest BCUT2D eigenvalue weighted by Gasteiger charge is -2.38. The third-order valence-corrected chi connectivity index (χ3v) is 4.61. The second-order valence-electron chi connectivity index (χ2n) is 6.38. The molecule has 1 aliphatic heterocycles. The van der Waals surface area contributed by atoms with E-state index in [1.807, 2.05) is 6.07 Å². The minimum Gasteiger partial charge on any atom is -0.467 e. The number of nitrogens with one attached hydrogen (secondary N) is 1. The van der Waals surface area contributed by atoms with Crippen molar-refractivity contribution < 1.29 is 18.4 Å². The van der Waals surface area contributed by atoms with E-state index in [1.54, 1.807) is 29.1 Å². The Kier molecular flexibility index (Phi) is 5.55. The Morgan fingerprint density at radius 2 is 1.92 bits per heavy atom. The summed E-state index contributed by atoms with van der Waals surface area (Å²) >= 11 is 0. The van der Waals surface area contributed by atoms with Crippen LogP contribution in [-0.2, 0) is 11.3 Å². The topological polar surface area (TPSA) is 65.8 Å². The molecule has 2 heterocycles. The Morgan fingerprint density at radius 1 is 1.23 bits per heavy atom. The first-order chi connectivity index (χ1) is 12.5. The SMILES string of the molecule is CC(=O)N1CCC(N(Cc2ccco2)C(=O)Nc2ccc(F)cc2)CC1. The maximum Gasteiger partial charge on any atom is 0.322 e. The zero-order valence-electron chi connectivity index (χ0n) is 14.7. The van der Waals surface area contributed by atoms with Crippen LogP contribution in [0.1, 0.15) is 25.5 Å². The van der Waals surface area contributed by atoms with Crippen LogP contribution in [0.25, 0.3) is 0 Å². The van der Waals surface area contributed by atoms with Crippen LogP contribution in [0.3, 0.4) is 0 Å². The number of piperidine rings is 1. The minimum atomic E-state index is -0.355. The molecular weight excluding hydrogens is 337 g/mol. The number of nitrogens with zero attached hydrogens (tertiary/aromatic N) is 2. The number of rotatable bonds is 4. The molecular formula is C19H22FN3O3. The number of likely N-dealkylation sites (tertiary alicyclic amines) is 1. The van der Waals surface area contributed by atoms with Gasteiger partial charge in [-0.25, -0.2) is 9.18 Å². The molecule has 1 aromatic heterocycles. The van der Waals surface area contributed by atoms with Gasteiger partial charge in [-0.2, -0.15) is 0 Å². The van der Waals surface area contributed by atoms with Crippen molar-refractivity contribution in [2.75, 3.05) is 18.4 Å². The van der Waals surface area contributed by atoms with Crippen molar-refractivity contribution in [3.63, 3.8) is 0 Å². The predicted octanol–water partition coefficient (Wildman–Crippen LogP) is 3.46. The van der Waals surface area contributed by atoms with E-state index in [9.17, 15) is 14.0 Å². The molecule has 7 heteroatoms. The molecule has 0 unspecified atom stereocenters. The van der Waals surface area contributed by atoms with E-state index in [0.717, 1.165) is 0 Å². The summed E-state index contributed by atoms with van der Waals surface area (Å²) in [5.74, 6) is 0.386. The first kappa shape index (κ1) is 18.0. The van der Waals surface area contributed by atoms with Gasteiger partial charge in [-0.05, 0) is 49.2 Å². The molecule has 1 aromatic carbocycles. The molecule has 1 saturated heterocycles. The summed E-state index contributed by atoms with van der Waals surface area (Å²) in [7, 11) is 0. The lowest BCUT2D eigenvalue weighted by atomic mass is 10.0. The highest BCUT2D eigenvalue weighted by Gasteiger charge is 2.29. The van der Waals surface area contributed by atoms with Gasteiger partial charge in [0.1, 0.15) is 11.6 Å². The molecule has 0 bridgehead atoms. The fourth-order valence-corrected chi connectivity index (χ4v) is 3.16. The molecule has 2 aromatic rings. The maximum absolute atomic E-state index is 13.1. The molecule has 0 spiro atoms. The zero-order valence-corrected chi connectivity index (χ0v) is 14.7. The summed E-state index contributed by atoms with van der Waals surface area (Å²) in [4.78, 5) is 27.9. The molecule has 6 nitrogen and oxygen atoms in total. The van der Waals surface area contributed by atoms with E-state index in [1.165, 1.54) is 24.3 Å². The van der Waals surface area contributed by atoms with Crippen LogP contribution in [0.15, 0.2) is 47.1 Å². The van der Waals surface area contributed by atoms with Crippen LogP contribution >= 0.6 is 0 Å². The van der Waals surface area contributed by atoms with Crippen molar-refractivity contribution in [2.45, 2.75) is 32.4 Å². The Morgan fingerprint density at radius 3 is 2.50 bits per heavy atom. The van der Waals surface area contributed by atoms with Crippen molar-refractivity contribution >= 4 is 17.6 Å². The normalized spacial score (nSPS) is 14.9. The van der Waals surface area contributed by atoms with Gasteiger partial charge in [-0.15, -0.1) is 0 Å². The van der Waals surface area contributed by atoms with Crippen LogP contribution in [0.5, 0.6) is 0 Å². The molecule has 0 radical (unpaired) electrons. The highest BCUT2D eigenvalue weighted by molar-refractivity contribution is 5.89. The average molecular weight is 359 g/mol. The summed E-state index contributed by atoms with van der Waals surface area (Å²) in [6.07, 6.45) is 2.98. The third-order valence-electron chi connectivity index (χ3n) is 4.61. The number of carbonyl (C=O) groups excluding carboxylic acids is 2. The summed E-state index contributed by atoms with van der Waals surface area (Å²) in [5, 5.41) is 2.81. The van der Waals surface area contributed by atoms with E-state index in [-0.39, 0.29) is 23.8 Å². The molecule has 1 fully saturated rings. The number of furan rings is 1. The van der Waals surface area contributed by atoms with Crippen molar-refractivity contribution in [2.24, 2.45) is 0 Å². The van der Waals surface area contributed by atoms with Crippen LogP contribution in [0, 0.1) is 5.82 Å². The van der Waals surface area contributed by atoms with Gasteiger partial charge in [0.25, 0.3) is 0 Å². The number of urea groups is 1. The quantitative estimate of drug-likeness (QED) is 0.909. The van der Waals surface area contributed by atoms with Crippen molar-refractivity contribution in [3.05, 3.63) is 54.2 Å². The van der Waals surface area contributed by atoms with Gasteiger partial charge in [0.15, 0.2) is 0 Å². The second kappa shape index (κ2) is 8.03. The zero-order chi connectivity index (χ0) is 18.5. The molecule has 1 N–H and O–H groups in total. The van der Waals surface area contributed by atoms with Crippen LogP contribution in [0.2, 0.25) is 0 Å². The van der Waals surface area contributed by atoms with Crippen LogP contribution in [0.4, 0.5) is 14.9 Å². The summed E-state index contributed by atoms with van der Waals surface area (Å²) in [6.45, 7) is 3.14. The van der Waals surface area contributed by atoms with E-state index in [0.29, 0.717) is 43.9 Å². The van der Waals surface area contributed by atoms with E-state index in [2.05, 4.69) is 5.32 Å². The van der Waals surface area contributed by atoms with E-state index >= 15 is 0 Å². The van der Waals surface area contributed by atoms with Gasteiger partial charge in [0.05, 0.1) is 12.8 Å². The Hall–Kier alpha value is -2.83. The van der Waals surface area contributed by atoms with Crippen LogP contribution < -0.4 is 5.32 Å². The monoisotopic (exact) mass is 359 g/mol. The molecule has 3 rings (SSSR count). The lowest BCUT2D eigenvalue weighted by molar-refractivity contribution is -0.130. The molecule has 0 aliphatic carbocycles. The van der Waals surface area contributed by atoms with E-state index in [4.69, 9.17) is 4.42 Å².